The highest BCUT2D eigenvalue weighted by Crippen LogP contribution is 2.36. The smallest absolute Gasteiger partial charge is 0.146 e. The lowest BCUT2D eigenvalue weighted by atomic mass is 9.98. The number of benzene rings is 6. The Morgan fingerprint density at radius 1 is 0.400 bits per heavy atom. The molecule has 50 heavy (non-hydrogen) atoms. The van der Waals surface area contributed by atoms with E-state index in [4.69, 9.17) is 9.97 Å². The Kier molecular flexibility index (Phi) is 6.46. The van der Waals surface area contributed by atoms with Gasteiger partial charge in [0.05, 0.1) is 22.2 Å². The van der Waals surface area contributed by atoms with Crippen LogP contribution in [0.25, 0.3) is 88.9 Å². The van der Waals surface area contributed by atoms with Crippen molar-refractivity contribution in [2.24, 2.45) is 0 Å². The third-order valence-corrected chi connectivity index (χ3v) is 9.79. The molecule has 0 amide bonds. The second kappa shape index (κ2) is 11.4. The van der Waals surface area contributed by atoms with Crippen molar-refractivity contribution in [2.45, 2.75) is 0 Å². The number of para-hydroxylation sites is 2. The first-order valence-corrected chi connectivity index (χ1v) is 16.9. The molecule has 4 aromatic heterocycles. The topological polar surface area (TPSA) is 35.1 Å². The van der Waals surface area contributed by atoms with E-state index in [2.05, 4.69) is 173 Å². The molecule has 0 saturated carbocycles. The number of pyridine rings is 2. The molecule has 234 valence electrons. The van der Waals surface area contributed by atoms with E-state index in [0.717, 1.165) is 44.8 Å². The summed E-state index contributed by atoms with van der Waals surface area (Å²) in [5.74, 6) is 0.883. The standard InChI is InChI=1S/C46H30N4/c1-3-10-34(11-4-1)44-43-28-25-35-12-9-29-47-45(35)50(43)46(48-44)36-23-21-32(22-24-36)31-17-19-33(20-18-31)37-26-27-42-40(30-37)39-15-7-8-16-41(39)49(42)38-13-5-2-6-14-38/h1-30H. The van der Waals surface area contributed by atoms with Crippen LogP contribution < -0.4 is 0 Å². The maximum atomic E-state index is 5.21. The molecule has 0 aliphatic rings. The zero-order valence-corrected chi connectivity index (χ0v) is 27.1. The number of rotatable bonds is 5. The molecule has 0 aliphatic heterocycles. The maximum absolute atomic E-state index is 5.21. The molecule has 0 fully saturated rings. The molecule has 10 aromatic rings. The van der Waals surface area contributed by atoms with Crippen molar-refractivity contribution in [1.29, 1.82) is 0 Å². The van der Waals surface area contributed by atoms with Crippen LogP contribution in [-0.2, 0) is 0 Å². The zero-order valence-electron chi connectivity index (χ0n) is 27.1. The summed E-state index contributed by atoms with van der Waals surface area (Å²) in [4.78, 5) is 9.98. The quantitative estimate of drug-likeness (QED) is 0.188. The van der Waals surface area contributed by atoms with E-state index in [1.807, 2.05) is 18.3 Å². The van der Waals surface area contributed by atoms with Gasteiger partial charge in [0, 0.05) is 39.2 Å². The molecule has 0 N–H and O–H groups in total. The highest BCUT2D eigenvalue weighted by atomic mass is 15.1. The minimum absolute atomic E-state index is 0.883. The predicted octanol–water partition coefficient (Wildman–Crippen LogP) is 11.6. The van der Waals surface area contributed by atoms with E-state index in [1.165, 1.54) is 44.2 Å². The van der Waals surface area contributed by atoms with Gasteiger partial charge in [0.1, 0.15) is 11.5 Å². The molecular weight excluding hydrogens is 609 g/mol. The Labute approximate surface area is 289 Å². The summed E-state index contributed by atoms with van der Waals surface area (Å²) in [5, 5.41) is 3.59. The summed E-state index contributed by atoms with van der Waals surface area (Å²) in [5.41, 5.74) is 13.4. The van der Waals surface area contributed by atoms with Crippen molar-refractivity contribution in [3.8, 4) is 50.6 Å². The van der Waals surface area contributed by atoms with Gasteiger partial charge in [0.2, 0.25) is 0 Å². The Hall–Kier alpha value is -6.78. The van der Waals surface area contributed by atoms with Crippen LogP contribution in [0.1, 0.15) is 0 Å². The number of fused-ring (bicyclic) bond motifs is 6. The molecule has 0 spiro atoms. The van der Waals surface area contributed by atoms with Gasteiger partial charge >= 0.3 is 0 Å². The number of imidazole rings is 1. The van der Waals surface area contributed by atoms with Crippen molar-refractivity contribution in [3.05, 3.63) is 182 Å². The second-order valence-electron chi connectivity index (χ2n) is 12.7. The summed E-state index contributed by atoms with van der Waals surface area (Å²) >= 11 is 0. The number of aromatic nitrogens is 4. The molecule has 0 bridgehead atoms. The average Bonchev–Trinajstić information content (AvgIpc) is 3.75. The van der Waals surface area contributed by atoms with E-state index in [1.54, 1.807) is 0 Å². The van der Waals surface area contributed by atoms with E-state index in [0.29, 0.717) is 0 Å². The number of nitrogens with zero attached hydrogens (tertiary/aromatic N) is 4. The Balaban J connectivity index is 1.01. The normalized spacial score (nSPS) is 11.6. The summed E-state index contributed by atoms with van der Waals surface area (Å²) in [7, 11) is 0. The molecular formula is C46H30N4. The van der Waals surface area contributed by atoms with Crippen LogP contribution >= 0.6 is 0 Å². The highest BCUT2D eigenvalue weighted by Gasteiger charge is 2.18. The molecule has 0 radical (unpaired) electrons. The molecule has 0 saturated heterocycles. The van der Waals surface area contributed by atoms with E-state index in [-0.39, 0.29) is 0 Å². The third-order valence-electron chi connectivity index (χ3n) is 9.79. The van der Waals surface area contributed by atoms with E-state index < -0.39 is 0 Å². The SMILES string of the molecule is c1ccc(-c2nc(-c3ccc(-c4ccc(-c5ccc6c(c5)c5ccccc5n6-c5ccccc5)cc4)cc3)n3c2ccc2cccnc23)cc1. The van der Waals surface area contributed by atoms with Gasteiger partial charge in [-0.05, 0) is 76.9 Å². The largest absolute Gasteiger partial charge is 0.309 e. The van der Waals surface area contributed by atoms with Gasteiger partial charge in [-0.3, -0.25) is 4.40 Å². The average molecular weight is 639 g/mol. The fourth-order valence-electron chi connectivity index (χ4n) is 7.37. The van der Waals surface area contributed by atoms with Crippen molar-refractivity contribution in [1.82, 2.24) is 18.9 Å². The minimum Gasteiger partial charge on any atom is -0.309 e. The molecule has 0 unspecified atom stereocenters. The van der Waals surface area contributed by atoms with E-state index >= 15 is 0 Å². The Bertz CT molecular complexity index is 2830. The monoisotopic (exact) mass is 638 g/mol. The Morgan fingerprint density at radius 3 is 1.76 bits per heavy atom. The number of hydrogen-bond acceptors (Lipinski definition) is 2. The molecule has 10 rings (SSSR count). The van der Waals surface area contributed by atoms with Crippen molar-refractivity contribution >= 4 is 38.4 Å². The fourth-order valence-corrected chi connectivity index (χ4v) is 7.37. The first-order valence-electron chi connectivity index (χ1n) is 16.9. The van der Waals surface area contributed by atoms with Gasteiger partial charge in [-0.25, -0.2) is 9.97 Å². The molecule has 4 heteroatoms. The molecule has 0 aliphatic carbocycles. The van der Waals surface area contributed by atoms with Gasteiger partial charge < -0.3 is 4.57 Å². The van der Waals surface area contributed by atoms with Gasteiger partial charge in [-0.1, -0.05) is 121 Å². The van der Waals surface area contributed by atoms with Gasteiger partial charge in [0.25, 0.3) is 0 Å². The van der Waals surface area contributed by atoms with Crippen LogP contribution in [0.15, 0.2) is 182 Å². The maximum Gasteiger partial charge on any atom is 0.146 e. The highest BCUT2D eigenvalue weighted by molar-refractivity contribution is 6.10. The molecule has 4 nitrogen and oxygen atoms in total. The van der Waals surface area contributed by atoms with Crippen molar-refractivity contribution in [2.75, 3.05) is 0 Å². The predicted molar refractivity (Wildman–Crippen MR) is 207 cm³/mol. The van der Waals surface area contributed by atoms with Gasteiger partial charge in [-0.15, -0.1) is 0 Å². The number of hydrogen-bond donors (Lipinski definition) is 0. The lowest BCUT2D eigenvalue weighted by Crippen LogP contribution is -1.94. The lowest BCUT2D eigenvalue weighted by Gasteiger charge is -2.09. The van der Waals surface area contributed by atoms with Crippen molar-refractivity contribution < 1.29 is 0 Å². The molecule has 0 atom stereocenters. The molecule has 6 aromatic carbocycles. The summed E-state index contributed by atoms with van der Waals surface area (Å²) in [6.07, 6.45) is 1.85. The second-order valence-corrected chi connectivity index (χ2v) is 12.7. The first-order chi connectivity index (χ1) is 24.8. The molecule has 4 heterocycles. The van der Waals surface area contributed by atoms with Crippen LogP contribution in [0, 0.1) is 0 Å². The van der Waals surface area contributed by atoms with Crippen molar-refractivity contribution in [3.63, 3.8) is 0 Å². The van der Waals surface area contributed by atoms with Crippen LogP contribution in [-0.4, -0.2) is 18.9 Å². The summed E-state index contributed by atoms with van der Waals surface area (Å²) in [6, 6.07) is 62.5. The van der Waals surface area contributed by atoms with Crippen LogP contribution in [0.3, 0.4) is 0 Å². The van der Waals surface area contributed by atoms with Crippen LogP contribution in [0.2, 0.25) is 0 Å². The Morgan fingerprint density at radius 2 is 1.00 bits per heavy atom. The van der Waals surface area contributed by atoms with Crippen LogP contribution in [0.4, 0.5) is 0 Å². The summed E-state index contributed by atoms with van der Waals surface area (Å²) in [6.45, 7) is 0. The minimum atomic E-state index is 0.883. The summed E-state index contributed by atoms with van der Waals surface area (Å²) < 4.78 is 4.55. The zero-order chi connectivity index (χ0) is 33.0. The lowest BCUT2D eigenvalue weighted by molar-refractivity contribution is 1.17. The van der Waals surface area contributed by atoms with E-state index in [9.17, 15) is 0 Å². The first kappa shape index (κ1) is 28.3. The fraction of sp³-hybridized carbons (Fsp3) is 0. The van der Waals surface area contributed by atoms with Gasteiger partial charge in [0.15, 0.2) is 0 Å². The van der Waals surface area contributed by atoms with Crippen LogP contribution in [0.5, 0.6) is 0 Å². The van der Waals surface area contributed by atoms with Gasteiger partial charge in [-0.2, -0.15) is 0 Å². The third kappa shape index (κ3) is 4.54.